The molecule has 1 saturated heterocycles. The van der Waals surface area contributed by atoms with Gasteiger partial charge in [-0.3, -0.25) is 19.0 Å². The fourth-order valence-corrected chi connectivity index (χ4v) is 5.57. The van der Waals surface area contributed by atoms with E-state index in [0.717, 1.165) is 10.9 Å². The van der Waals surface area contributed by atoms with Crippen LogP contribution in [0.1, 0.15) is 38.1 Å². The zero-order valence-electron chi connectivity index (χ0n) is 22.6. The maximum atomic E-state index is 12.7. The van der Waals surface area contributed by atoms with Crippen molar-refractivity contribution in [2.75, 3.05) is 6.61 Å². The highest BCUT2D eigenvalue weighted by Crippen LogP contribution is 2.39. The van der Waals surface area contributed by atoms with E-state index in [2.05, 4.69) is 15.0 Å². The zero-order valence-corrected chi connectivity index (χ0v) is 23.4. The Morgan fingerprint density at radius 3 is 2.54 bits per heavy atom. The number of hydrogen-bond acceptors (Lipinski definition) is 13. The van der Waals surface area contributed by atoms with Gasteiger partial charge in [-0.05, 0) is 25.1 Å². The van der Waals surface area contributed by atoms with Gasteiger partial charge in [-0.2, -0.15) is 0 Å². The van der Waals surface area contributed by atoms with Crippen molar-refractivity contribution in [1.29, 1.82) is 0 Å². The molecular weight excluding hydrogens is 556 g/mol. The molecule has 3 aromatic heterocycles. The van der Waals surface area contributed by atoms with E-state index in [1.165, 1.54) is 45.1 Å². The number of imidazole rings is 1. The van der Waals surface area contributed by atoms with Crippen molar-refractivity contribution in [2.24, 2.45) is 0 Å². The lowest BCUT2D eigenvalue weighted by Crippen LogP contribution is -2.40. The number of carbonyl (C=O) groups excluding carboxylic acids is 3. The van der Waals surface area contributed by atoms with E-state index in [1.807, 2.05) is 19.1 Å². The van der Waals surface area contributed by atoms with Crippen molar-refractivity contribution in [1.82, 2.24) is 19.5 Å². The standard InChI is InChI=1S/C27H26N4O9S/c1-13-5-6-20-17(7-13)8-18(26(35)40-20)11-41-27-30-19-9-28-12-29-24(19)31(27)25-23(38-16(4)34)22(37-15(3)33)21(39-25)10-36-14(2)32/h5-9,12,21-23,25H,10-11H2,1-4H3/t21-,22-,23-,25-/m1/s1. The molecule has 214 valence electrons. The molecule has 1 aliphatic heterocycles. The highest BCUT2D eigenvalue weighted by Gasteiger charge is 2.51. The van der Waals surface area contributed by atoms with Gasteiger partial charge in [0.25, 0.3) is 0 Å². The first-order valence-corrected chi connectivity index (χ1v) is 13.6. The Balaban J connectivity index is 1.54. The zero-order chi connectivity index (χ0) is 29.3. The molecule has 4 heterocycles. The number of fused-ring (bicyclic) bond motifs is 2. The molecule has 0 aliphatic carbocycles. The summed E-state index contributed by atoms with van der Waals surface area (Å²) in [5.74, 6) is -1.68. The SMILES string of the molecule is CC(=O)OC[C@H]1O[C@@H](n2c(SCc3cc4cc(C)ccc4oc3=O)nc3cncnc32)[C@H](OC(C)=O)[C@@H]1OC(C)=O. The number of hydrogen-bond donors (Lipinski definition) is 0. The smallest absolute Gasteiger partial charge is 0.340 e. The number of thioether (sulfide) groups is 1. The van der Waals surface area contributed by atoms with Gasteiger partial charge in [0.1, 0.15) is 30.1 Å². The second-order valence-electron chi connectivity index (χ2n) is 9.40. The van der Waals surface area contributed by atoms with Crippen LogP contribution in [0.4, 0.5) is 0 Å². The van der Waals surface area contributed by atoms with Crippen LogP contribution in [0.15, 0.2) is 51.2 Å². The summed E-state index contributed by atoms with van der Waals surface area (Å²) in [6, 6.07) is 7.31. The first kappa shape index (κ1) is 28.2. The Labute approximate surface area is 237 Å². The van der Waals surface area contributed by atoms with E-state index in [9.17, 15) is 19.2 Å². The number of esters is 3. The van der Waals surface area contributed by atoms with Crippen molar-refractivity contribution in [3.8, 4) is 0 Å². The Kier molecular flexibility index (Phi) is 8.03. The molecule has 0 spiro atoms. The van der Waals surface area contributed by atoms with Gasteiger partial charge in [-0.15, -0.1) is 0 Å². The summed E-state index contributed by atoms with van der Waals surface area (Å²) in [5.41, 5.74) is 2.19. The highest BCUT2D eigenvalue weighted by molar-refractivity contribution is 7.98. The molecule has 0 saturated carbocycles. The third-order valence-corrected chi connectivity index (χ3v) is 7.24. The molecule has 0 bridgehead atoms. The third kappa shape index (κ3) is 6.07. The number of rotatable bonds is 8. The molecule has 5 rings (SSSR count). The minimum atomic E-state index is -1.14. The van der Waals surface area contributed by atoms with Gasteiger partial charge in [-0.25, -0.2) is 19.7 Å². The number of benzene rings is 1. The lowest BCUT2D eigenvalue weighted by molar-refractivity contribution is -0.166. The lowest BCUT2D eigenvalue weighted by Gasteiger charge is -2.24. The van der Waals surface area contributed by atoms with E-state index in [1.54, 1.807) is 16.7 Å². The van der Waals surface area contributed by atoms with E-state index in [4.69, 9.17) is 23.4 Å². The average molecular weight is 583 g/mol. The molecule has 1 aliphatic rings. The predicted molar refractivity (Wildman–Crippen MR) is 144 cm³/mol. The van der Waals surface area contributed by atoms with Crippen LogP contribution < -0.4 is 5.63 Å². The topological polar surface area (TPSA) is 162 Å². The van der Waals surface area contributed by atoms with Crippen LogP contribution >= 0.6 is 11.8 Å². The Morgan fingerprint density at radius 2 is 1.80 bits per heavy atom. The molecule has 41 heavy (non-hydrogen) atoms. The van der Waals surface area contributed by atoms with Crippen molar-refractivity contribution in [3.05, 3.63) is 58.3 Å². The third-order valence-electron chi connectivity index (χ3n) is 6.23. The largest absolute Gasteiger partial charge is 0.463 e. The molecular formula is C27H26N4O9S. The van der Waals surface area contributed by atoms with Crippen molar-refractivity contribution < 1.29 is 37.7 Å². The van der Waals surface area contributed by atoms with Gasteiger partial charge in [-0.1, -0.05) is 23.4 Å². The van der Waals surface area contributed by atoms with E-state index in [-0.39, 0.29) is 12.4 Å². The monoisotopic (exact) mass is 582 g/mol. The van der Waals surface area contributed by atoms with E-state index < -0.39 is 48.1 Å². The van der Waals surface area contributed by atoms with E-state index in [0.29, 0.717) is 27.5 Å². The van der Waals surface area contributed by atoms with Crippen molar-refractivity contribution in [3.63, 3.8) is 0 Å². The summed E-state index contributed by atoms with van der Waals surface area (Å²) in [6.45, 7) is 5.34. The highest BCUT2D eigenvalue weighted by atomic mass is 32.2. The maximum Gasteiger partial charge on any atom is 0.340 e. The predicted octanol–water partition coefficient (Wildman–Crippen LogP) is 2.86. The molecule has 4 atom stereocenters. The summed E-state index contributed by atoms with van der Waals surface area (Å²) < 4.78 is 29.5. The summed E-state index contributed by atoms with van der Waals surface area (Å²) in [6.07, 6.45) is -1.46. The van der Waals surface area contributed by atoms with Gasteiger partial charge >= 0.3 is 23.5 Å². The quantitative estimate of drug-likeness (QED) is 0.129. The van der Waals surface area contributed by atoms with Gasteiger partial charge in [0.15, 0.2) is 29.2 Å². The lowest BCUT2D eigenvalue weighted by atomic mass is 10.1. The Morgan fingerprint density at radius 1 is 1.05 bits per heavy atom. The van der Waals surface area contributed by atoms with E-state index >= 15 is 0 Å². The van der Waals surface area contributed by atoms with Crippen LogP contribution in [-0.2, 0) is 39.1 Å². The molecule has 14 heteroatoms. The summed E-state index contributed by atoms with van der Waals surface area (Å²) in [5, 5.41) is 1.15. The molecule has 0 N–H and O–H groups in total. The normalized spacial score (nSPS) is 20.3. The van der Waals surface area contributed by atoms with Crippen LogP contribution in [-0.4, -0.2) is 62.3 Å². The average Bonchev–Trinajstić information content (AvgIpc) is 3.43. The van der Waals surface area contributed by atoms with Gasteiger partial charge in [0, 0.05) is 37.5 Å². The number of aryl methyl sites for hydroxylation is 1. The second kappa shape index (κ2) is 11.7. The second-order valence-corrected chi connectivity index (χ2v) is 10.3. The number of aromatic nitrogens is 4. The van der Waals surface area contributed by atoms with Crippen LogP contribution in [0.2, 0.25) is 0 Å². The Hall–Kier alpha value is -4.30. The van der Waals surface area contributed by atoms with Gasteiger partial charge < -0.3 is 23.4 Å². The molecule has 0 amide bonds. The van der Waals surface area contributed by atoms with Crippen LogP contribution in [0, 0.1) is 6.92 Å². The molecule has 0 radical (unpaired) electrons. The number of ether oxygens (including phenoxy) is 4. The first-order chi connectivity index (χ1) is 19.6. The maximum absolute atomic E-state index is 12.7. The first-order valence-electron chi connectivity index (χ1n) is 12.6. The van der Waals surface area contributed by atoms with Gasteiger partial charge in [0.2, 0.25) is 0 Å². The fraction of sp³-hybridized carbons (Fsp3) is 0.370. The summed E-state index contributed by atoms with van der Waals surface area (Å²) in [4.78, 5) is 61.4. The minimum Gasteiger partial charge on any atom is -0.463 e. The molecule has 1 aromatic carbocycles. The van der Waals surface area contributed by atoms with Crippen molar-refractivity contribution in [2.45, 2.75) is 63.1 Å². The van der Waals surface area contributed by atoms with Crippen LogP contribution in [0.5, 0.6) is 0 Å². The van der Waals surface area contributed by atoms with Crippen molar-refractivity contribution >= 4 is 51.8 Å². The summed E-state index contributed by atoms with van der Waals surface area (Å²) in [7, 11) is 0. The summed E-state index contributed by atoms with van der Waals surface area (Å²) >= 11 is 1.21. The minimum absolute atomic E-state index is 0.179. The van der Waals surface area contributed by atoms with Crippen LogP contribution in [0.25, 0.3) is 22.1 Å². The molecule has 13 nitrogen and oxygen atoms in total. The molecule has 4 aromatic rings. The number of nitrogens with zero attached hydrogens (tertiary/aromatic N) is 4. The Bertz CT molecular complexity index is 1700. The van der Waals surface area contributed by atoms with Gasteiger partial charge in [0.05, 0.1) is 6.20 Å². The molecule has 1 fully saturated rings. The van der Waals surface area contributed by atoms with Crippen LogP contribution in [0.3, 0.4) is 0 Å². The fourth-order valence-electron chi connectivity index (χ4n) is 4.59. The number of carbonyl (C=O) groups is 3. The molecule has 0 unspecified atom stereocenters.